The highest BCUT2D eigenvalue weighted by Crippen LogP contribution is 2.30. The standard InChI is InChI=1S/C16H22N6/c17-11-1-3-13(19)15(9-11)21-5-7-22(8-6-21)16-10-12(18)2-4-14(16)20/h1-4,9-10H,5-8,17-20H2. The molecule has 1 fully saturated rings. The maximum Gasteiger partial charge on any atom is 0.0621 e. The van der Waals surface area contributed by atoms with Crippen molar-refractivity contribution in [3.8, 4) is 0 Å². The molecule has 3 rings (SSSR count). The molecular weight excluding hydrogens is 276 g/mol. The number of nitrogen functional groups attached to an aromatic ring is 4. The van der Waals surface area contributed by atoms with Crippen LogP contribution in [0.25, 0.3) is 0 Å². The molecule has 1 saturated heterocycles. The lowest BCUT2D eigenvalue weighted by Gasteiger charge is -2.38. The second-order valence-corrected chi connectivity index (χ2v) is 5.61. The number of piperazine rings is 1. The number of nitrogens with zero attached hydrogens (tertiary/aromatic N) is 2. The molecule has 0 bridgehead atoms. The van der Waals surface area contributed by atoms with Crippen LogP contribution in [0.5, 0.6) is 0 Å². The van der Waals surface area contributed by atoms with E-state index in [0.29, 0.717) is 0 Å². The van der Waals surface area contributed by atoms with Gasteiger partial charge in [0, 0.05) is 37.6 Å². The van der Waals surface area contributed by atoms with E-state index < -0.39 is 0 Å². The van der Waals surface area contributed by atoms with Crippen LogP contribution >= 0.6 is 0 Å². The minimum Gasteiger partial charge on any atom is -0.399 e. The fraction of sp³-hybridized carbons (Fsp3) is 0.250. The van der Waals surface area contributed by atoms with Crippen molar-refractivity contribution in [1.29, 1.82) is 0 Å². The van der Waals surface area contributed by atoms with Crippen molar-refractivity contribution in [3.63, 3.8) is 0 Å². The van der Waals surface area contributed by atoms with E-state index in [1.807, 2.05) is 36.4 Å². The molecule has 0 aromatic heterocycles. The van der Waals surface area contributed by atoms with Gasteiger partial charge in [-0.15, -0.1) is 0 Å². The van der Waals surface area contributed by atoms with E-state index >= 15 is 0 Å². The third-order valence-corrected chi connectivity index (χ3v) is 4.07. The first-order valence-corrected chi connectivity index (χ1v) is 7.34. The topological polar surface area (TPSA) is 111 Å². The molecule has 0 radical (unpaired) electrons. The molecule has 22 heavy (non-hydrogen) atoms. The number of nitrogens with two attached hydrogens (primary N) is 4. The molecule has 2 aromatic rings. The lowest BCUT2D eigenvalue weighted by molar-refractivity contribution is 0.655. The number of anilines is 6. The molecule has 1 aliphatic rings. The van der Waals surface area contributed by atoms with Crippen LogP contribution in [0, 0.1) is 0 Å². The molecule has 6 heteroatoms. The average Bonchev–Trinajstić information content (AvgIpc) is 2.52. The zero-order valence-corrected chi connectivity index (χ0v) is 12.5. The smallest absolute Gasteiger partial charge is 0.0621 e. The van der Waals surface area contributed by atoms with Crippen molar-refractivity contribution in [2.24, 2.45) is 0 Å². The molecular formula is C16H22N6. The van der Waals surface area contributed by atoms with Gasteiger partial charge in [-0.2, -0.15) is 0 Å². The van der Waals surface area contributed by atoms with Crippen LogP contribution in [0.15, 0.2) is 36.4 Å². The zero-order chi connectivity index (χ0) is 15.7. The molecule has 0 aliphatic carbocycles. The fourth-order valence-electron chi connectivity index (χ4n) is 2.86. The van der Waals surface area contributed by atoms with Gasteiger partial charge < -0.3 is 32.7 Å². The van der Waals surface area contributed by atoms with Crippen molar-refractivity contribution in [3.05, 3.63) is 36.4 Å². The van der Waals surface area contributed by atoms with E-state index in [0.717, 1.165) is 60.3 Å². The predicted octanol–water partition coefficient (Wildman–Crippen LogP) is 1.34. The Balaban J connectivity index is 1.75. The van der Waals surface area contributed by atoms with Crippen molar-refractivity contribution in [2.45, 2.75) is 0 Å². The molecule has 0 amide bonds. The van der Waals surface area contributed by atoms with E-state index in [-0.39, 0.29) is 0 Å². The van der Waals surface area contributed by atoms with Crippen molar-refractivity contribution in [1.82, 2.24) is 0 Å². The first-order chi connectivity index (χ1) is 10.5. The Bertz CT molecular complexity index is 617. The molecule has 8 N–H and O–H groups in total. The number of benzene rings is 2. The molecule has 0 spiro atoms. The van der Waals surface area contributed by atoms with Crippen molar-refractivity contribution >= 4 is 34.1 Å². The summed E-state index contributed by atoms with van der Waals surface area (Å²) in [4.78, 5) is 4.51. The highest BCUT2D eigenvalue weighted by Gasteiger charge is 2.20. The SMILES string of the molecule is Nc1ccc(N)c(N2CCN(c3cc(N)ccc3N)CC2)c1. The summed E-state index contributed by atoms with van der Waals surface area (Å²) < 4.78 is 0. The lowest BCUT2D eigenvalue weighted by Crippen LogP contribution is -2.47. The van der Waals surface area contributed by atoms with E-state index in [1.165, 1.54) is 0 Å². The summed E-state index contributed by atoms with van der Waals surface area (Å²) in [6, 6.07) is 11.2. The molecule has 6 nitrogen and oxygen atoms in total. The van der Waals surface area contributed by atoms with E-state index in [1.54, 1.807) is 0 Å². The van der Waals surface area contributed by atoms with Crippen LogP contribution in [-0.4, -0.2) is 26.2 Å². The Morgan fingerprint density at radius 3 is 1.32 bits per heavy atom. The van der Waals surface area contributed by atoms with Gasteiger partial charge in [-0.1, -0.05) is 0 Å². The predicted molar refractivity (Wildman–Crippen MR) is 95.0 cm³/mol. The monoisotopic (exact) mass is 298 g/mol. The van der Waals surface area contributed by atoms with Gasteiger partial charge in [-0.05, 0) is 36.4 Å². The summed E-state index contributed by atoms with van der Waals surface area (Å²) in [7, 11) is 0. The van der Waals surface area contributed by atoms with E-state index in [2.05, 4.69) is 9.80 Å². The van der Waals surface area contributed by atoms with Gasteiger partial charge in [-0.25, -0.2) is 0 Å². The summed E-state index contributed by atoms with van der Waals surface area (Å²) in [5.41, 5.74) is 28.8. The third-order valence-electron chi connectivity index (χ3n) is 4.07. The Hall–Kier alpha value is -2.76. The molecule has 0 unspecified atom stereocenters. The Kier molecular flexibility index (Phi) is 3.58. The van der Waals surface area contributed by atoms with E-state index in [9.17, 15) is 0 Å². The third kappa shape index (κ3) is 2.67. The Morgan fingerprint density at radius 2 is 0.955 bits per heavy atom. The number of hydrogen-bond acceptors (Lipinski definition) is 6. The second-order valence-electron chi connectivity index (χ2n) is 5.61. The number of rotatable bonds is 2. The summed E-state index contributed by atoms with van der Waals surface area (Å²) in [6.45, 7) is 3.45. The average molecular weight is 298 g/mol. The van der Waals surface area contributed by atoms with E-state index in [4.69, 9.17) is 22.9 Å². The van der Waals surface area contributed by atoms with Gasteiger partial charge in [0.05, 0.1) is 22.7 Å². The number of hydrogen-bond donors (Lipinski definition) is 4. The first kappa shape index (κ1) is 14.2. The molecule has 1 heterocycles. The molecule has 1 aliphatic heterocycles. The minimum atomic E-state index is 0.728. The van der Waals surface area contributed by atoms with Crippen molar-refractivity contribution < 1.29 is 0 Å². The highest BCUT2D eigenvalue weighted by molar-refractivity contribution is 5.74. The van der Waals surface area contributed by atoms with Gasteiger partial charge in [0.25, 0.3) is 0 Å². The normalized spacial score (nSPS) is 15.1. The Morgan fingerprint density at radius 1 is 0.591 bits per heavy atom. The Labute approximate surface area is 130 Å². The summed E-state index contributed by atoms with van der Waals surface area (Å²) in [5, 5.41) is 0. The molecule has 2 aromatic carbocycles. The maximum atomic E-state index is 6.06. The first-order valence-electron chi connectivity index (χ1n) is 7.34. The van der Waals surface area contributed by atoms with Gasteiger partial charge in [0.15, 0.2) is 0 Å². The maximum absolute atomic E-state index is 6.06. The zero-order valence-electron chi connectivity index (χ0n) is 12.5. The minimum absolute atomic E-state index is 0.728. The summed E-state index contributed by atoms with van der Waals surface area (Å²) in [6.07, 6.45) is 0. The van der Waals surface area contributed by atoms with Crippen LogP contribution in [0.4, 0.5) is 34.1 Å². The van der Waals surface area contributed by atoms with Crippen LogP contribution < -0.4 is 32.7 Å². The largest absolute Gasteiger partial charge is 0.399 e. The molecule has 0 saturated carbocycles. The highest BCUT2D eigenvalue weighted by atomic mass is 15.3. The van der Waals surface area contributed by atoms with Crippen LogP contribution in [0.2, 0.25) is 0 Å². The van der Waals surface area contributed by atoms with Gasteiger partial charge in [0.2, 0.25) is 0 Å². The second kappa shape index (κ2) is 5.55. The van der Waals surface area contributed by atoms with Crippen LogP contribution in [0.3, 0.4) is 0 Å². The van der Waals surface area contributed by atoms with Crippen LogP contribution in [-0.2, 0) is 0 Å². The van der Waals surface area contributed by atoms with Gasteiger partial charge in [-0.3, -0.25) is 0 Å². The van der Waals surface area contributed by atoms with Gasteiger partial charge in [0.1, 0.15) is 0 Å². The van der Waals surface area contributed by atoms with Crippen LogP contribution in [0.1, 0.15) is 0 Å². The van der Waals surface area contributed by atoms with Crippen molar-refractivity contribution in [2.75, 3.05) is 58.9 Å². The molecule has 0 atom stereocenters. The summed E-state index contributed by atoms with van der Waals surface area (Å²) >= 11 is 0. The lowest BCUT2D eigenvalue weighted by atomic mass is 10.1. The summed E-state index contributed by atoms with van der Waals surface area (Å²) in [5.74, 6) is 0. The fourth-order valence-corrected chi connectivity index (χ4v) is 2.86. The molecule has 116 valence electrons. The van der Waals surface area contributed by atoms with Gasteiger partial charge >= 0.3 is 0 Å². The quantitative estimate of drug-likeness (QED) is 0.623.